The van der Waals surface area contributed by atoms with Crippen LogP contribution in [0, 0.1) is 11.8 Å². The fourth-order valence-corrected chi connectivity index (χ4v) is 9.91. The Kier molecular flexibility index (Phi) is 47.4. The number of rotatable bonds is 53. The summed E-state index contributed by atoms with van der Waals surface area (Å²) in [4.78, 5) is 28.2. The standard InChI is InChI=1S/C59H115NO7/c1-5-9-13-17-21-23-27-32-42-54(40-30-25-19-15-11-7-3)52-66-58(62)44-34-38-48-64-56-50-60(46-36-29-37-47-61)51-57(56)65-49-39-35-45-59(63)67-53-55(41-31-26-20-16-12-8-4)43-33-28-24-22-18-14-10-6-2/h54-57,61H,5-53H2,1-4H3/t54?,55?,56-,57+. The summed E-state index contributed by atoms with van der Waals surface area (Å²) in [7, 11) is 0. The Morgan fingerprint density at radius 1 is 0.418 bits per heavy atom. The summed E-state index contributed by atoms with van der Waals surface area (Å²) in [5.41, 5.74) is 0. The second-order valence-electron chi connectivity index (χ2n) is 21.0. The molecule has 0 amide bonds. The molecular formula is C59H115NO7. The van der Waals surface area contributed by atoms with Gasteiger partial charge in [-0.3, -0.25) is 14.5 Å². The third-order valence-electron chi connectivity index (χ3n) is 14.5. The van der Waals surface area contributed by atoms with Gasteiger partial charge in [-0.25, -0.2) is 0 Å². The van der Waals surface area contributed by atoms with Crippen LogP contribution in [-0.2, 0) is 28.5 Å². The number of carbonyl (C=O) groups is 2. The number of hydrogen-bond donors (Lipinski definition) is 1. The maximum absolute atomic E-state index is 12.9. The van der Waals surface area contributed by atoms with Crippen LogP contribution < -0.4 is 0 Å². The fourth-order valence-electron chi connectivity index (χ4n) is 9.91. The van der Waals surface area contributed by atoms with Gasteiger partial charge in [0.1, 0.15) is 0 Å². The topological polar surface area (TPSA) is 94.5 Å². The second kappa shape index (κ2) is 49.7. The first-order valence-corrected chi connectivity index (χ1v) is 29.8. The molecule has 1 heterocycles. The fraction of sp³-hybridized carbons (Fsp3) is 0.966. The lowest BCUT2D eigenvalue weighted by molar-refractivity contribution is -0.146. The van der Waals surface area contributed by atoms with E-state index in [2.05, 4.69) is 32.6 Å². The molecule has 0 bridgehead atoms. The molecule has 0 spiro atoms. The molecule has 0 aliphatic carbocycles. The van der Waals surface area contributed by atoms with Gasteiger partial charge in [-0.1, -0.05) is 207 Å². The Balaban J connectivity index is 2.47. The average molecular weight is 951 g/mol. The van der Waals surface area contributed by atoms with Crippen LogP contribution >= 0.6 is 0 Å². The molecule has 8 heteroatoms. The summed E-state index contributed by atoms with van der Waals surface area (Å²) >= 11 is 0. The molecule has 8 nitrogen and oxygen atoms in total. The van der Waals surface area contributed by atoms with Crippen LogP contribution in [0.25, 0.3) is 0 Å². The number of likely N-dealkylation sites (tertiary alicyclic amines) is 1. The highest BCUT2D eigenvalue weighted by Crippen LogP contribution is 2.23. The van der Waals surface area contributed by atoms with Crippen LogP contribution in [0.5, 0.6) is 0 Å². The smallest absolute Gasteiger partial charge is 0.305 e. The van der Waals surface area contributed by atoms with Gasteiger partial charge in [0.15, 0.2) is 0 Å². The number of hydrogen-bond acceptors (Lipinski definition) is 8. The molecule has 4 atom stereocenters. The summed E-state index contributed by atoms with van der Waals surface area (Å²) in [6.07, 6.45) is 48.8. The van der Waals surface area contributed by atoms with Crippen molar-refractivity contribution in [1.82, 2.24) is 4.90 Å². The molecule has 398 valence electrons. The van der Waals surface area contributed by atoms with E-state index in [0.717, 1.165) is 64.6 Å². The average Bonchev–Trinajstić information content (AvgIpc) is 3.72. The zero-order valence-corrected chi connectivity index (χ0v) is 45.3. The molecule has 67 heavy (non-hydrogen) atoms. The van der Waals surface area contributed by atoms with E-state index < -0.39 is 0 Å². The predicted octanol–water partition coefficient (Wildman–Crippen LogP) is 16.5. The number of unbranched alkanes of at least 4 members (excludes halogenated alkanes) is 28. The Labute approximate surface area is 416 Å². The van der Waals surface area contributed by atoms with E-state index in [0.29, 0.717) is 51.1 Å². The third kappa shape index (κ3) is 41.1. The quantitative estimate of drug-likeness (QED) is 0.0476. The molecule has 0 aromatic rings. The summed E-state index contributed by atoms with van der Waals surface area (Å²) in [6.45, 7) is 14.4. The van der Waals surface area contributed by atoms with Gasteiger partial charge in [0, 0.05) is 45.8 Å². The molecule has 0 saturated carbocycles. The zero-order valence-electron chi connectivity index (χ0n) is 45.3. The van der Waals surface area contributed by atoms with Crippen LogP contribution in [0.1, 0.15) is 291 Å². The van der Waals surface area contributed by atoms with Gasteiger partial charge in [0.25, 0.3) is 0 Å². The largest absolute Gasteiger partial charge is 0.465 e. The number of aliphatic hydroxyl groups is 1. The van der Waals surface area contributed by atoms with Gasteiger partial charge in [-0.05, 0) is 89.0 Å². The van der Waals surface area contributed by atoms with E-state index in [1.165, 1.54) is 205 Å². The summed E-state index contributed by atoms with van der Waals surface area (Å²) in [6, 6.07) is 0. The van der Waals surface area contributed by atoms with Crippen molar-refractivity contribution < 1.29 is 33.6 Å². The van der Waals surface area contributed by atoms with Gasteiger partial charge in [0.05, 0.1) is 25.4 Å². The lowest BCUT2D eigenvalue weighted by atomic mass is 9.94. The first kappa shape index (κ1) is 63.8. The van der Waals surface area contributed by atoms with Crippen molar-refractivity contribution in [3.63, 3.8) is 0 Å². The van der Waals surface area contributed by atoms with Crippen molar-refractivity contribution in [3.8, 4) is 0 Å². The minimum absolute atomic E-state index is 0.00142. The number of nitrogens with zero attached hydrogens (tertiary/aromatic N) is 1. The summed E-state index contributed by atoms with van der Waals surface area (Å²) < 4.78 is 24.7. The number of esters is 2. The molecule has 1 N–H and O–H groups in total. The van der Waals surface area contributed by atoms with E-state index >= 15 is 0 Å². The Hall–Kier alpha value is -1.22. The highest BCUT2D eigenvalue weighted by molar-refractivity contribution is 5.69. The Morgan fingerprint density at radius 2 is 0.731 bits per heavy atom. The van der Waals surface area contributed by atoms with Crippen molar-refractivity contribution in [2.24, 2.45) is 11.8 Å². The van der Waals surface area contributed by atoms with Crippen molar-refractivity contribution in [2.45, 2.75) is 303 Å². The minimum Gasteiger partial charge on any atom is -0.465 e. The van der Waals surface area contributed by atoms with Crippen LogP contribution in [-0.4, -0.2) is 86.8 Å². The summed E-state index contributed by atoms with van der Waals surface area (Å²) in [5.74, 6) is 0.862. The molecule has 1 aliphatic heterocycles. The normalized spacial score (nSPS) is 16.2. The van der Waals surface area contributed by atoms with Crippen molar-refractivity contribution >= 4 is 11.9 Å². The molecule has 1 fully saturated rings. The SMILES string of the molecule is CCCCCCCCCCC(CCCCCCCC)COC(=O)CCCCO[C@H]1CN(CCCCCO)C[C@H]1OCCCCC(=O)OCC(CCCCCCCC)CCCCCCCCCC. The maximum atomic E-state index is 12.9. The highest BCUT2D eigenvalue weighted by atomic mass is 16.5. The maximum Gasteiger partial charge on any atom is 0.305 e. The van der Waals surface area contributed by atoms with Crippen LogP contribution in [0.15, 0.2) is 0 Å². The molecule has 2 unspecified atom stereocenters. The predicted molar refractivity (Wildman–Crippen MR) is 284 cm³/mol. The van der Waals surface area contributed by atoms with E-state index in [1.807, 2.05) is 0 Å². The molecular weight excluding hydrogens is 835 g/mol. The van der Waals surface area contributed by atoms with Gasteiger partial charge in [-0.2, -0.15) is 0 Å². The summed E-state index contributed by atoms with van der Waals surface area (Å²) in [5, 5.41) is 9.26. The van der Waals surface area contributed by atoms with E-state index in [9.17, 15) is 14.7 Å². The van der Waals surface area contributed by atoms with Gasteiger partial charge in [0.2, 0.25) is 0 Å². The zero-order chi connectivity index (χ0) is 48.5. The van der Waals surface area contributed by atoms with Gasteiger partial charge < -0.3 is 24.1 Å². The lowest BCUT2D eigenvalue weighted by Crippen LogP contribution is -2.30. The van der Waals surface area contributed by atoms with Crippen LogP contribution in [0.2, 0.25) is 0 Å². The Bertz CT molecular complexity index is 969. The first-order valence-electron chi connectivity index (χ1n) is 29.8. The van der Waals surface area contributed by atoms with Crippen LogP contribution in [0.4, 0.5) is 0 Å². The van der Waals surface area contributed by atoms with Crippen LogP contribution in [0.3, 0.4) is 0 Å². The van der Waals surface area contributed by atoms with Crippen molar-refractivity contribution in [2.75, 3.05) is 52.7 Å². The van der Waals surface area contributed by atoms with E-state index in [1.54, 1.807) is 0 Å². The Morgan fingerprint density at radius 3 is 1.06 bits per heavy atom. The van der Waals surface area contributed by atoms with Crippen molar-refractivity contribution in [3.05, 3.63) is 0 Å². The number of carbonyl (C=O) groups excluding carboxylic acids is 2. The van der Waals surface area contributed by atoms with Crippen molar-refractivity contribution in [1.29, 1.82) is 0 Å². The molecule has 1 saturated heterocycles. The molecule has 0 aromatic carbocycles. The highest BCUT2D eigenvalue weighted by Gasteiger charge is 2.34. The second-order valence-corrected chi connectivity index (χ2v) is 21.0. The minimum atomic E-state index is -0.0596. The molecule has 1 rings (SSSR count). The first-order chi connectivity index (χ1) is 33.0. The van der Waals surface area contributed by atoms with E-state index in [-0.39, 0.29) is 30.8 Å². The molecule has 0 aromatic heterocycles. The number of aliphatic hydroxyl groups excluding tert-OH is 1. The third-order valence-corrected chi connectivity index (χ3v) is 14.5. The van der Waals surface area contributed by atoms with Gasteiger partial charge in [-0.15, -0.1) is 0 Å². The van der Waals surface area contributed by atoms with Gasteiger partial charge >= 0.3 is 11.9 Å². The monoisotopic (exact) mass is 950 g/mol. The lowest BCUT2D eigenvalue weighted by Gasteiger charge is -2.20. The molecule has 0 radical (unpaired) electrons. The molecule has 1 aliphatic rings. The number of ether oxygens (including phenoxy) is 4. The van der Waals surface area contributed by atoms with E-state index in [4.69, 9.17) is 18.9 Å².